The maximum Gasteiger partial charge on any atom is 0.404 e. The summed E-state index contributed by atoms with van der Waals surface area (Å²) < 4.78 is 40.0. The van der Waals surface area contributed by atoms with Gasteiger partial charge in [0.2, 0.25) is 5.91 Å². The van der Waals surface area contributed by atoms with Crippen molar-refractivity contribution in [1.29, 1.82) is 0 Å². The van der Waals surface area contributed by atoms with Gasteiger partial charge in [0.15, 0.2) is 5.41 Å². The molecule has 0 N–H and O–H groups in total. The molecule has 0 spiro atoms. The zero-order valence-corrected chi connectivity index (χ0v) is 11.0. The number of carbonyl (C=O) groups is 1. The highest BCUT2D eigenvalue weighted by molar-refractivity contribution is 5.83. The van der Waals surface area contributed by atoms with Crippen molar-refractivity contribution in [3.8, 4) is 0 Å². The number of nitrogens with zero attached hydrogens (tertiary/aromatic N) is 2. The van der Waals surface area contributed by atoms with Crippen LogP contribution in [0.25, 0.3) is 0 Å². The number of hydrogen-bond acceptors (Lipinski definition) is 2. The minimum atomic E-state index is -4.54. The van der Waals surface area contributed by atoms with E-state index in [0.29, 0.717) is 18.7 Å². The summed E-state index contributed by atoms with van der Waals surface area (Å²) in [6.07, 6.45) is -4.36. The Hall–Kier alpha value is -1.20. The Morgan fingerprint density at radius 2 is 1.94 bits per heavy atom. The first-order chi connectivity index (χ1) is 8.12. The number of amides is 1. The summed E-state index contributed by atoms with van der Waals surface area (Å²) in [6.45, 7) is 5.51. The smallest absolute Gasteiger partial charge is 0.374 e. The predicted octanol–water partition coefficient (Wildman–Crippen LogP) is 2.25. The van der Waals surface area contributed by atoms with Crippen LogP contribution in [-0.2, 0) is 4.79 Å². The molecule has 1 atom stereocenters. The van der Waals surface area contributed by atoms with Gasteiger partial charge in [0.05, 0.1) is 0 Å². The molecule has 0 aliphatic carbocycles. The standard InChI is InChI=1S/C12H19F3N2O/c1-9(2)17-7-5-6-11(8-17,12(13,14)15)10(18)16(3)4/h1,5-8H2,2-4H3. The molecule has 1 rings (SSSR count). The van der Waals surface area contributed by atoms with Gasteiger partial charge in [-0.25, -0.2) is 0 Å². The van der Waals surface area contributed by atoms with E-state index in [2.05, 4.69) is 6.58 Å². The molecule has 1 heterocycles. The van der Waals surface area contributed by atoms with Crippen LogP contribution in [0.4, 0.5) is 13.2 Å². The van der Waals surface area contributed by atoms with Crippen molar-refractivity contribution in [2.75, 3.05) is 27.2 Å². The van der Waals surface area contributed by atoms with Crippen LogP contribution in [0.2, 0.25) is 0 Å². The molecular weight excluding hydrogens is 245 g/mol. The van der Waals surface area contributed by atoms with Crippen LogP contribution in [-0.4, -0.2) is 49.1 Å². The molecule has 1 amide bonds. The highest BCUT2D eigenvalue weighted by Crippen LogP contribution is 2.46. The first-order valence-electron chi connectivity index (χ1n) is 5.81. The van der Waals surface area contributed by atoms with Crippen molar-refractivity contribution in [1.82, 2.24) is 9.80 Å². The fourth-order valence-electron chi connectivity index (χ4n) is 2.34. The minimum Gasteiger partial charge on any atom is -0.374 e. The van der Waals surface area contributed by atoms with Crippen LogP contribution in [0.15, 0.2) is 12.3 Å². The van der Waals surface area contributed by atoms with E-state index in [0.717, 1.165) is 4.90 Å². The molecule has 0 aromatic heterocycles. The molecule has 0 aromatic rings. The second-order valence-corrected chi connectivity index (χ2v) is 5.04. The van der Waals surface area contributed by atoms with Gasteiger partial charge >= 0.3 is 6.18 Å². The Balaban J connectivity index is 3.13. The van der Waals surface area contributed by atoms with Crippen LogP contribution in [0.1, 0.15) is 19.8 Å². The van der Waals surface area contributed by atoms with Gasteiger partial charge in [0.1, 0.15) is 0 Å². The van der Waals surface area contributed by atoms with E-state index in [1.807, 2.05) is 0 Å². The second kappa shape index (κ2) is 4.82. The van der Waals surface area contributed by atoms with E-state index >= 15 is 0 Å². The van der Waals surface area contributed by atoms with E-state index in [9.17, 15) is 18.0 Å². The summed E-state index contributed by atoms with van der Waals surface area (Å²) in [5.41, 5.74) is -1.73. The molecular formula is C12H19F3N2O. The van der Waals surface area contributed by atoms with Crippen molar-refractivity contribution in [3.05, 3.63) is 12.3 Å². The topological polar surface area (TPSA) is 23.6 Å². The van der Waals surface area contributed by atoms with Gasteiger partial charge in [0, 0.05) is 32.9 Å². The van der Waals surface area contributed by atoms with E-state index in [4.69, 9.17) is 0 Å². The molecule has 0 radical (unpaired) electrons. The Labute approximate surface area is 105 Å². The number of piperidine rings is 1. The van der Waals surface area contributed by atoms with E-state index < -0.39 is 17.5 Å². The lowest BCUT2D eigenvalue weighted by Gasteiger charge is -2.44. The average molecular weight is 264 g/mol. The van der Waals surface area contributed by atoms with Gasteiger partial charge in [-0.05, 0) is 19.8 Å². The summed E-state index contributed by atoms with van der Waals surface area (Å²) in [5.74, 6) is -0.874. The predicted molar refractivity (Wildman–Crippen MR) is 62.8 cm³/mol. The number of rotatable bonds is 2. The van der Waals surface area contributed by atoms with Gasteiger partial charge in [-0.1, -0.05) is 6.58 Å². The van der Waals surface area contributed by atoms with E-state index in [-0.39, 0.29) is 13.0 Å². The van der Waals surface area contributed by atoms with Crippen molar-refractivity contribution >= 4 is 5.91 Å². The summed E-state index contributed by atoms with van der Waals surface area (Å²) in [5, 5.41) is 0. The Bertz CT molecular complexity index is 352. The first kappa shape index (κ1) is 14.9. The molecule has 1 saturated heterocycles. The van der Waals surface area contributed by atoms with E-state index in [1.54, 1.807) is 11.8 Å². The molecule has 1 unspecified atom stereocenters. The molecule has 18 heavy (non-hydrogen) atoms. The minimum absolute atomic E-state index is 0.155. The molecule has 0 saturated carbocycles. The van der Waals surface area contributed by atoms with Crippen molar-refractivity contribution in [3.63, 3.8) is 0 Å². The fourth-order valence-corrected chi connectivity index (χ4v) is 2.34. The monoisotopic (exact) mass is 264 g/mol. The summed E-state index contributed by atoms with van der Waals surface area (Å²) >= 11 is 0. The quantitative estimate of drug-likeness (QED) is 0.763. The Kier molecular flexibility index (Phi) is 3.98. The lowest BCUT2D eigenvalue weighted by molar-refractivity contribution is -0.236. The van der Waals surface area contributed by atoms with Gasteiger partial charge < -0.3 is 9.80 Å². The lowest BCUT2D eigenvalue weighted by Crippen LogP contribution is -2.58. The SMILES string of the molecule is C=C(C)N1CCCC(C(=O)N(C)C)(C(F)(F)F)C1. The number of alkyl halides is 3. The molecule has 0 bridgehead atoms. The van der Waals surface area contributed by atoms with Crippen LogP contribution in [0.5, 0.6) is 0 Å². The molecule has 6 heteroatoms. The summed E-state index contributed by atoms with van der Waals surface area (Å²) in [4.78, 5) is 14.5. The third-order valence-corrected chi connectivity index (χ3v) is 3.39. The zero-order valence-electron chi connectivity index (χ0n) is 11.0. The number of hydrogen-bond donors (Lipinski definition) is 0. The third kappa shape index (κ3) is 2.47. The van der Waals surface area contributed by atoms with Crippen LogP contribution in [0.3, 0.4) is 0 Å². The number of allylic oxidation sites excluding steroid dienone is 1. The van der Waals surface area contributed by atoms with Crippen LogP contribution < -0.4 is 0 Å². The number of carbonyl (C=O) groups excluding carboxylic acids is 1. The Morgan fingerprint density at radius 3 is 2.33 bits per heavy atom. The molecule has 104 valence electrons. The highest BCUT2D eigenvalue weighted by Gasteiger charge is 2.62. The normalized spacial score (nSPS) is 24.9. The summed E-state index contributed by atoms with van der Waals surface area (Å²) in [7, 11) is 2.71. The second-order valence-electron chi connectivity index (χ2n) is 5.04. The molecule has 3 nitrogen and oxygen atoms in total. The Morgan fingerprint density at radius 1 is 1.39 bits per heavy atom. The van der Waals surface area contributed by atoms with Gasteiger partial charge in [-0.3, -0.25) is 4.79 Å². The molecule has 1 aliphatic heterocycles. The van der Waals surface area contributed by atoms with E-state index in [1.165, 1.54) is 14.1 Å². The maximum absolute atomic E-state index is 13.3. The number of likely N-dealkylation sites (tertiary alicyclic amines) is 1. The zero-order chi connectivity index (χ0) is 14.1. The molecule has 0 aromatic carbocycles. The van der Waals surface area contributed by atoms with Crippen molar-refractivity contribution < 1.29 is 18.0 Å². The summed E-state index contributed by atoms with van der Waals surface area (Å²) in [6, 6.07) is 0. The van der Waals surface area contributed by atoms with Gasteiger partial charge in [-0.2, -0.15) is 13.2 Å². The molecule has 1 aliphatic rings. The maximum atomic E-state index is 13.3. The van der Waals surface area contributed by atoms with Crippen LogP contribution in [0, 0.1) is 5.41 Å². The van der Waals surface area contributed by atoms with Crippen LogP contribution >= 0.6 is 0 Å². The first-order valence-corrected chi connectivity index (χ1v) is 5.81. The molecule has 1 fully saturated rings. The third-order valence-electron chi connectivity index (χ3n) is 3.39. The average Bonchev–Trinajstić information content (AvgIpc) is 2.26. The lowest BCUT2D eigenvalue weighted by atomic mass is 9.77. The fraction of sp³-hybridized carbons (Fsp3) is 0.750. The van der Waals surface area contributed by atoms with Crippen molar-refractivity contribution in [2.45, 2.75) is 25.9 Å². The largest absolute Gasteiger partial charge is 0.404 e. The van der Waals surface area contributed by atoms with Gasteiger partial charge in [0.25, 0.3) is 0 Å². The van der Waals surface area contributed by atoms with Crippen molar-refractivity contribution in [2.24, 2.45) is 5.41 Å². The number of halogens is 3. The van der Waals surface area contributed by atoms with Gasteiger partial charge in [-0.15, -0.1) is 0 Å². The highest BCUT2D eigenvalue weighted by atomic mass is 19.4.